The Bertz CT molecular complexity index is 132. The summed E-state index contributed by atoms with van der Waals surface area (Å²) >= 11 is 2.57. The second-order valence-electron chi connectivity index (χ2n) is 5.73. The van der Waals surface area contributed by atoms with Gasteiger partial charge in [-0.3, -0.25) is 0 Å². The van der Waals surface area contributed by atoms with Crippen LogP contribution in [0.5, 0.6) is 0 Å². The minimum absolute atomic E-state index is 0.188. The summed E-state index contributed by atoms with van der Waals surface area (Å²) in [5.74, 6) is 2.71. The van der Waals surface area contributed by atoms with Crippen molar-refractivity contribution in [3.05, 3.63) is 0 Å². The molecule has 0 radical (unpaired) electrons. The summed E-state index contributed by atoms with van der Waals surface area (Å²) in [5, 5.41) is 0. The fraction of sp³-hybridized carbons (Fsp3) is 1.00. The molecule has 80 valence electrons. The van der Waals surface area contributed by atoms with Gasteiger partial charge in [-0.05, 0) is 0 Å². The maximum atomic E-state index is 2.57. The molecule has 2 heteroatoms. The number of hydrogen-bond donors (Lipinski definition) is 0. The molecule has 0 bridgehead atoms. The predicted octanol–water partition coefficient (Wildman–Crippen LogP) is 4.50. The van der Waals surface area contributed by atoms with E-state index in [2.05, 4.69) is 59.1 Å². The van der Waals surface area contributed by atoms with Crippen LogP contribution in [0.25, 0.3) is 0 Å². The van der Waals surface area contributed by atoms with Gasteiger partial charge in [0.25, 0.3) is 0 Å². The number of rotatable bonds is 6. The molecule has 0 aliphatic carbocycles. The Morgan fingerprint density at radius 2 is 1.00 bits per heavy atom. The Balaban J connectivity index is 4.83. The van der Waals surface area contributed by atoms with E-state index in [1.165, 1.54) is 19.3 Å². The van der Waals surface area contributed by atoms with E-state index in [1.54, 1.807) is 0 Å². The van der Waals surface area contributed by atoms with Gasteiger partial charge >= 0.3 is 101 Å². The molecule has 0 spiro atoms. The first kappa shape index (κ1) is 14.7. The van der Waals surface area contributed by atoms with Gasteiger partial charge in [-0.25, -0.2) is 0 Å². The third kappa shape index (κ3) is 2.83. The Kier molecular flexibility index (Phi) is 6.59. The molecule has 0 aliphatic heterocycles. The molecule has 0 amide bonds. The van der Waals surface area contributed by atoms with Gasteiger partial charge in [0.15, 0.2) is 0 Å². The van der Waals surface area contributed by atoms with Gasteiger partial charge in [-0.1, -0.05) is 0 Å². The van der Waals surface area contributed by atoms with E-state index in [0.717, 1.165) is 17.5 Å². The van der Waals surface area contributed by atoms with Gasteiger partial charge < -0.3 is 0 Å². The first-order chi connectivity index (χ1) is 6.44. The average Bonchev–Trinajstić information content (AvgIpc) is 2.24. The van der Waals surface area contributed by atoms with Crippen molar-refractivity contribution < 1.29 is 0 Å². The first-order valence-electron chi connectivity index (χ1n) is 6.66. The summed E-state index contributed by atoms with van der Waals surface area (Å²) in [5.41, 5.74) is 0. The molecule has 0 aromatic carbocycles. The van der Waals surface area contributed by atoms with E-state index < -0.39 is 0 Å². The molecular formula is C12H27BLi-. The Labute approximate surface area is 101 Å². The van der Waals surface area contributed by atoms with E-state index in [4.69, 9.17) is 0 Å². The molecule has 0 N–H and O–H groups in total. The molecule has 0 aliphatic rings. The Hall–Kier alpha value is 0.662. The van der Waals surface area contributed by atoms with Crippen LogP contribution in [0.1, 0.15) is 60.8 Å². The van der Waals surface area contributed by atoms with Crippen LogP contribution in [-0.4, -0.2) is 22.2 Å². The van der Waals surface area contributed by atoms with E-state index >= 15 is 0 Å². The molecule has 0 nitrogen and oxygen atoms in total. The molecule has 0 saturated carbocycles. The zero-order valence-corrected chi connectivity index (χ0v) is 11.4. The second kappa shape index (κ2) is 6.29. The molecule has 0 aromatic rings. The van der Waals surface area contributed by atoms with E-state index in [-0.39, 0.29) is 4.72 Å². The van der Waals surface area contributed by atoms with Crippen molar-refractivity contribution in [2.75, 3.05) is 0 Å². The van der Waals surface area contributed by atoms with Crippen LogP contribution in [0.3, 0.4) is 0 Å². The summed E-state index contributed by atoms with van der Waals surface area (Å²) in [6.07, 6.45) is 4.02. The fourth-order valence-electron chi connectivity index (χ4n) is 3.21. The van der Waals surface area contributed by atoms with Crippen LogP contribution in [0, 0.1) is 0 Å². The topological polar surface area (TPSA) is 0 Å². The van der Waals surface area contributed by atoms with Crippen LogP contribution >= 0.6 is 0 Å². The van der Waals surface area contributed by atoms with Crippen molar-refractivity contribution >= 4 is 22.2 Å². The number of hydrogen-bond acceptors (Lipinski definition) is 0. The molecule has 3 atom stereocenters. The standard InChI is InChI=1S/C12H27B.Li/c1-7-10(4)13(11(5)8-2)12(6)9-3;/h10-12H,7-9H2,1-6H3;/q;-1. The molecule has 0 heterocycles. The van der Waals surface area contributed by atoms with Crippen molar-refractivity contribution in [3.8, 4) is 0 Å². The Morgan fingerprint density at radius 1 is 0.786 bits per heavy atom. The SMILES string of the molecule is [Li][B-](C(C)CC)(C(C)CC)C(C)CC. The van der Waals surface area contributed by atoms with Gasteiger partial charge in [-0.2, -0.15) is 0 Å². The molecule has 0 rings (SSSR count). The van der Waals surface area contributed by atoms with Crippen molar-refractivity contribution in [2.45, 2.75) is 78.3 Å². The van der Waals surface area contributed by atoms with Crippen molar-refractivity contribution in [1.82, 2.24) is 0 Å². The Morgan fingerprint density at radius 3 is 1.14 bits per heavy atom. The average molecular weight is 189 g/mol. The van der Waals surface area contributed by atoms with Crippen molar-refractivity contribution in [1.29, 1.82) is 0 Å². The third-order valence-corrected chi connectivity index (χ3v) is 5.61. The second-order valence-corrected chi connectivity index (χ2v) is 5.73. The summed E-state index contributed by atoms with van der Waals surface area (Å²) < 4.78 is -0.188. The molecular weight excluding hydrogens is 162 g/mol. The minimum atomic E-state index is -0.188. The van der Waals surface area contributed by atoms with Gasteiger partial charge in [0.1, 0.15) is 0 Å². The molecule has 0 aromatic heterocycles. The van der Waals surface area contributed by atoms with Crippen LogP contribution < -0.4 is 0 Å². The van der Waals surface area contributed by atoms with Crippen LogP contribution in [0.4, 0.5) is 0 Å². The predicted molar refractivity (Wildman–Crippen MR) is 70.7 cm³/mol. The quantitative estimate of drug-likeness (QED) is 0.539. The normalized spacial score (nSPS) is 22.6. The van der Waals surface area contributed by atoms with Crippen molar-refractivity contribution in [2.24, 2.45) is 0 Å². The van der Waals surface area contributed by atoms with Gasteiger partial charge in [0.2, 0.25) is 0 Å². The fourth-order valence-corrected chi connectivity index (χ4v) is 3.21. The van der Waals surface area contributed by atoms with Crippen LogP contribution in [0.15, 0.2) is 0 Å². The zero-order valence-electron chi connectivity index (χ0n) is 11.4. The van der Waals surface area contributed by atoms with E-state index in [1.807, 2.05) is 0 Å². The summed E-state index contributed by atoms with van der Waals surface area (Å²) in [6.45, 7) is 14.4. The van der Waals surface area contributed by atoms with Crippen LogP contribution in [0.2, 0.25) is 17.5 Å². The van der Waals surface area contributed by atoms with Gasteiger partial charge in [-0.15, -0.1) is 0 Å². The van der Waals surface area contributed by atoms with E-state index in [0.29, 0.717) is 0 Å². The van der Waals surface area contributed by atoms with Crippen molar-refractivity contribution in [3.63, 3.8) is 0 Å². The maximum absolute atomic E-state index is 2.57. The first-order valence-corrected chi connectivity index (χ1v) is 6.66. The monoisotopic (exact) mass is 189 g/mol. The van der Waals surface area contributed by atoms with E-state index in [9.17, 15) is 0 Å². The molecule has 0 saturated heterocycles. The third-order valence-electron chi connectivity index (χ3n) is 5.61. The summed E-state index contributed by atoms with van der Waals surface area (Å²) in [4.78, 5) is 0. The van der Waals surface area contributed by atoms with Gasteiger partial charge in [0.05, 0.1) is 0 Å². The molecule has 3 unspecified atom stereocenters. The molecule has 14 heavy (non-hydrogen) atoms. The summed E-state index contributed by atoms with van der Waals surface area (Å²) in [6, 6.07) is 0. The van der Waals surface area contributed by atoms with Crippen LogP contribution in [-0.2, 0) is 0 Å². The van der Waals surface area contributed by atoms with Gasteiger partial charge in [0, 0.05) is 0 Å². The summed E-state index contributed by atoms with van der Waals surface area (Å²) in [7, 11) is 0. The zero-order chi connectivity index (χ0) is 11.4. The molecule has 0 fully saturated rings.